The molecule has 4 heteroatoms. The molecule has 0 saturated carbocycles. The Morgan fingerprint density at radius 2 is 2.10 bits per heavy atom. The molecule has 0 amide bonds. The number of nitrogens with two attached hydrogens (primary N) is 1. The molecule has 0 fully saturated rings. The van der Waals surface area contributed by atoms with Crippen LogP contribution in [0.5, 0.6) is 0 Å². The minimum Gasteiger partial charge on any atom is -0.388 e. The van der Waals surface area contributed by atoms with E-state index in [2.05, 4.69) is 29.4 Å². The smallest absolute Gasteiger partial charge is 0.0894 e. The molecular formula is C17H23N3O. The zero-order valence-electron chi connectivity index (χ0n) is 12.7. The average molecular weight is 285 g/mol. The summed E-state index contributed by atoms with van der Waals surface area (Å²) in [5, 5.41) is 15.2. The third kappa shape index (κ3) is 2.28. The molecule has 1 aliphatic rings. The van der Waals surface area contributed by atoms with Crippen molar-refractivity contribution in [2.75, 3.05) is 6.54 Å². The number of rotatable bonds is 3. The number of hydrogen-bond donors (Lipinski definition) is 2. The van der Waals surface area contributed by atoms with Gasteiger partial charge in [0.15, 0.2) is 0 Å². The van der Waals surface area contributed by atoms with Crippen LogP contribution in [0.15, 0.2) is 30.5 Å². The van der Waals surface area contributed by atoms with Gasteiger partial charge in [-0.25, -0.2) is 0 Å². The maximum atomic E-state index is 11.0. The van der Waals surface area contributed by atoms with E-state index < -0.39 is 6.10 Å². The Kier molecular flexibility index (Phi) is 3.59. The maximum absolute atomic E-state index is 11.0. The number of aliphatic hydroxyl groups excluding tert-OH is 1. The van der Waals surface area contributed by atoms with Gasteiger partial charge in [-0.2, -0.15) is 5.10 Å². The predicted octanol–water partition coefficient (Wildman–Crippen LogP) is 1.90. The molecule has 3 rings (SSSR count). The van der Waals surface area contributed by atoms with Crippen LogP contribution in [0.4, 0.5) is 0 Å². The third-order valence-electron chi connectivity index (χ3n) is 5.11. The molecule has 0 bridgehead atoms. The first-order chi connectivity index (χ1) is 10.1. The Morgan fingerprint density at radius 1 is 1.38 bits per heavy atom. The molecule has 0 spiro atoms. The van der Waals surface area contributed by atoms with Gasteiger partial charge in [-0.15, -0.1) is 0 Å². The van der Waals surface area contributed by atoms with Gasteiger partial charge in [-0.1, -0.05) is 24.3 Å². The molecule has 21 heavy (non-hydrogen) atoms. The summed E-state index contributed by atoms with van der Waals surface area (Å²) >= 11 is 0. The first kappa shape index (κ1) is 14.3. The Morgan fingerprint density at radius 3 is 2.71 bits per heavy atom. The molecule has 1 heterocycles. The summed E-state index contributed by atoms with van der Waals surface area (Å²) in [5.74, 6) is 0. The van der Waals surface area contributed by atoms with E-state index in [0.29, 0.717) is 6.54 Å². The van der Waals surface area contributed by atoms with Crippen LogP contribution in [0.1, 0.15) is 34.9 Å². The number of nitrogens with zero attached hydrogens (tertiary/aromatic N) is 2. The number of aliphatic hydroxyl groups is 1. The van der Waals surface area contributed by atoms with Gasteiger partial charge in [-0.3, -0.25) is 4.68 Å². The standard InChI is InChI=1S/C17H23N3O/c1-12-15(10-19-20(12)2)16(21)17(11-18)8-7-13-5-3-4-6-14(13)9-17/h3-6,10,16,21H,7-9,11,18H2,1-2H3. The van der Waals surface area contributed by atoms with Gasteiger partial charge < -0.3 is 10.8 Å². The highest BCUT2D eigenvalue weighted by atomic mass is 16.3. The Labute approximate surface area is 125 Å². The van der Waals surface area contributed by atoms with Gasteiger partial charge in [0.05, 0.1) is 12.3 Å². The number of fused-ring (bicyclic) bond motifs is 1. The second-order valence-electron chi connectivity index (χ2n) is 6.22. The van der Waals surface area contributed by atoms with Gasteiger partial charge in [0.25, 0.3) is 0 Å². The highest BCUT2D eigenvalue weighted by Gasteiger charge is 2.41. The van der Waals surface area contributed by atoms with Gasteiger partial charge in [0.2, 0.25) is 0 Å². The minimum atomic E-state index is -0.565. The lowest BCUT2D eigenvalue weighted by Gasteiger charge is -2.41. The van der Waals surface area contributed by atoms with Gasteiger partial charge in [0.1, 0.15) is 0 Å². The van der Waals surface area contributed by atoms with Crippen molar-refractivity contribution in [3.63, 3.8) is 0 Å². The minimum absolute atomic E-state index is 0.290. The van der Waals surface area contributed by atoms with Crippen LogP contribution in [0.3, 0.4) is 0 Å². The van der Waals surface area contributed by atoms with Crippen LogP contribution in [0.2, 0.25) is 0 Å². The molecule has 2 aromatic rings. The highest BCUT2D eigenvalue weighted by Crippen LogP contribution is 2.44. The molecule has 1 aromatic carbocycles. The molecule has 4 nitrogen and oxygen atoms in total. The maximum Gasteiger partial charge on any atom is 0.0894 e. The predicted molar refractivity (Wildman–Crippen MR) is 82.9 cm³/mol. The zero-order chi connectivity index (χ0) is 15.0. The lowest BCUT2D eigenvalue weighted by atomic mass is 9.66. The molecule has 0 aliphatic heterocycles. The van der Waals surface area contributed by atoms with E-state index in [-0.39, 0.29) is 5.41 Å². The van der Waals surface area contributed by atoms with E-state index in [1.807, 2.05) is 14.0 Å². The fraction of sp³-hybridized carbons (Fsp3) is 0.471. The molecular weight excluding hydrogens is 262 g/mol. The molecule has 2 unspecified atom stereocenters. The summed E-state index contributed by atoms with van der Waals surface area (Å²) in [6.07, 6.45) is 3.93. The van der Waals surface area contributed by atoms with Gasteiger partial charge in [-0.05, 0) is 37.3 Å². The van der Waals surface area contributed by atoms with E-state index >= 15 is 0 Å². The molecule has 1 aliphatic carbocycles. The number of aromatic nitrogens is 2. The quantitative estimate of drug-likeness (QED) is 0.905. The Balaban J connectivity index is 1.97. The normalized spacial score (nSPS) is 22.9. The monoisotopic (exact) mass is 285 g/mol. The van der Waals surface area contributed by atoms with Crippen molar-refractivity contribution in [3.05, 3.63) is 52.8 Å². The molecule has 1 aromatic heterocycles. The van der Waals surface area contributed by atoms with E-state index in [4.69, 9.17) is 5.73 Å². The lowest BCUT2D eigenvalue weighted by Crippen LogP contribution is -2.41. The molecule has 112 valence electrons. The second-order valence-corrected chi connectivity index (χ2v) is 6.22. The van der Waals surface area contributed by atoms with Crippen LogP contribution in [-0.4, -0.2) is 21.4 Å². The van der Waals surface area contributed by atoms with Crippen LogP contribution in [0.25, 0.3) is 0 Å². The summed E-state index contributed by atoms with van der Waals surface area (Å²) in [5.41, 5.74) is 10.4. The summed E-state index contributed by atoms with van der Waals surface area (Å²) in [6, 6.07) is 8.47. The van der Waals surface area contributed by atoms with Crippen molar-refractivity contribution in [2.45, 2.75) is 32.3 Å². The van der Waals surface area contributed by atoms with Crippen molar-refractivity contribution in [1.29, 1.82) is 0 Å². The molecule has 0 radical (unpaired) electrons. The number of hydrogen-bond acceptors (Lipinski definition) is 3. The first-order valence-corrected chi connectivity index (χ1v) is 7.51. The summed E-state index contributed by atoms with van der Waals surface area (Å²) in [6.45, 7) is 2.48. The largest absolute Gasteiger partial charge is 0.388 e. The van der Waals surface area contributed by atoms with Crippen LogP contribution in [0, 0.1) is 12.3 Å². The fourth-order valence-electron chi connectivity index (χ4n) is 3.46. The van der Waals surface area contributed by atoms with Crippen molar-refractivity contribution >= 4 is 0 Å². The van der Waals surface area contributed by atoms with Crippen molar-refractivity contribution in [3.8, 4) is 0 Å². The van der Waals surface area contributed by atoms with E-state index in [9.17, 15) is 5.11 Å². The molecule has 0 saturated heterocycles. The van der Waals surface area contributed by atoms with E-state index in [1.165, 1.54) is 11.1 Å². The third-order valence-corrected chi connectivity index (χ3v) is 5.11. The molecule has 3 N–H and O–H groups in total. The Bertz CT molecular complexity index is 649. The molecule has 2 atom stereocenters. The SMILES string of the molecule is Cc1c(C(O)C2(CN)CCc3ccccc3C2)cnn1C. The number of aryl methyl sites for hydroxylation is 2. The van der Waals surface area contributed by atoms with Crippen molar-refractivity contribution < 1.29 is 5.11 Å². The topological polar surface area (TPSA) is 64.1 Å². The van der Waals surface area contributed by atoms with Crippen LogP contribution < -0.4 is 5.73 Å². The second kappa shape index (κ2) is 5.28. The summed E-state index contributed by atoms with van der Waals surface area (Å²) < 4.78 is 1.81. The van der Waals surface area contributed by atoms with Crippen LogP contribution >= 0.6 is 0 Å². The van der Waals surface area contributed by atoms with E-state index in [1.54, 1.807) is 10.9 Å². The first-order valence-electron chi connectivity index (χ1n) is 7.51. The van der Waals surface area contributed by atoms with Crippen LogP contribution in [-0.2, 0) is 19.9 Å². The van der Waals surface area contributed by atoms with Gasteiger partial charge >= 0.3 is 0 Å². The summed E-state index contributed by atoms with van der Waals surface area (Å²) in [4.78, 5) is 0. The fourth-order valence-corrected chi connectivity index (χ4v) is 3.46. The highest BCUT2D eigenvalue weighted by molar-refractivity contribution is 5.33. The van der Waals surface area contributed by atoms with E-state index in [0.717, 1.165) is 30.5 Å². The van der Waals surface area contributed by atoms with Crippen molar-refractivity contribution in [2.24, 2.45) is 18.2 Å². The zero-order valence-corrected chi connectivity index (χ0v) is 12.7. The van der Waals surface area contributed by atoms with Crippen molar-refractivity contribution in [1.82, 2.24) is 9.78 Å². The lowest BCUT2D eigenvalue weighted by molar-refractivity contribution is 0.0172. The number of benzene rings is 1. The summed E-state index contributed by atoms with van der Waals surface area (Å²) in [7, 11) is 1.90. The Hall–Kier alpha value is -1.65. The average Bonchev–Trinajstić information content (AvgIpc) is 2.85. The van der Waals surface area contributed by atoms with Gasteiger partial charge in [0, 0.05) is 30.3 Å².